The number of carbonyl (C=O) groups excluding carboxylic acids is 1. The minimum absolute atomic E-state index is 0.304. The summed E-state index contributed by atoms with van der Waals surface area (Å²) in [6.07, 6.45) is 2.48. The van der Waals surface area contributed by atoms with Gasteiger partial charge in [0.2, 0.25) is 0 Å². The highest BCUT2D eigenvalue weighted by atomic mass is 16.6. The molecule has 3 N–H and O–H groups in total. The average Bonchev–Trinajstić information content (AvgIpc) is 2.35. The van der Waals surface area contributed by atoms with Gasteiger partial charge in [-0.25, -0.2) is 4.79 Å². The van der Waals surface area contributed by atoms with Crippen molar-refractivity contribution in [1.29, 1.82) is 0 Å². The Morgan fingerprint density at radius 2 is 2.15 bits per heavy atom. The Kier molecular flexibility index (Phi) is 6.23. The van der Waals surface area contributed by atoms with E-state index in [1.54, 1.807) is 7.11 Å². The van der Waals surface area contributed by atoms with E-state index in [0.29, 0.717) is 19.8 Å². The van der Waals surface area contributed by atoms with Crippen LogP contribution in [0.5, 0.6) is 0 Å². The Labute approximate surface area is 121 Å². The van der Waals surface area contributed by atoms with Crippen molar-refractivity contribution in [3.63, 3.8) is 0 Å². The van der Waals surface area contributed by atoms with Gasteiger partial charge in [0.15, 0.2) is 0 Å². The molecule has 2 atom stereocenters. The summed E-state index contributed by atoms with van der Waals surface area (Å²) in [7, 11) is 1.63. The second kappa shape index (κ2) is 7.24. The van der Waals surface area contributed by atoms with E-state index in [0.717, 1.165) is 19.3 Å². The second-order valence-corrected chi connectivity index (χ2v) is 6.29. The molecule has 1 aliphatic heterocycles. The van der Waals surface area contributed by atoms with Crippen molar-refractivity contribution in [3.8, 4) is 0 Å². The third-order valence-corrected chi connectivity index (χ3v) is 3.31. The Bertz CT molecular complexity index is 303. The highest BCUT2D eigenvalue weighted by molar-refractivity contribution is 5.67. The van der Waals surface area contributed by atoms with Crippen LogP contribution in [0.1, 0.15) is 40.0 Å². The van der Waals surface area contributed by atoms with Crippen LogP contribution < -0.4 is 11.1 Å². The maximum absolute atomic E-state index is 11.6. The molecule has 1 heterocycles. The summed E-state index contributed by atoms with van der Waals surface area (Å²) < 4.78 is 16.3. The fraction of sp³-hybridized carbons (Fsp3) is 0.929. The first-order valence-corrected chi connectivity index (χ1v) is 7.14. The molecule has 6 nitrogen and oxygen atoms in total. The quantitative estimate of drug-likeness (QED) is 0.799. The molecular formula is C14H28N2O4. The van der Waals surface area contributed by atoms with E-state index in [1.165, 1.54) is 0 Å². The predicted molar refractivity (Wildman–Crippen MR) is 76.6 cm³/mol. The predicted octanol–water partition coefficient (Wildman–Crippen LogP) is 1.42. The fourth-order valence-corrected chi connectivity index (χ4v) is 2.32. The van der Waals surface area contributed by atoms with Gasteiger partial charge in [-0.05, 0) is 40.0 Å². The first kappa shape index (κ1) is 17.2. The lowest BCUT2D eigenvalue weighted by molar-refractivity contribution is -0.128. The van der Waals surface area contributed by atoms with Gasteiger partial charge in [0.1, 0.15) is 11.2 Å². The SMILES string of the molecule is COCC1(C(N)CNC(=O)OC(C)(C)C)CCCCO1. The molecule has 2 unspecified atom stereocenters. The summed E-state index contributed by atoms with van der Waals surface area (Å²) in [5.41, 5.74) is 5.18. The van der Waals surface area contributed by atoms with Crippen LogP contribution in [0.4, 0.5) is 4.79 Å². The zero-order valence-electron chi connectivity index (χ0n) is 13.0. The molecule has 1 amide bonds. The maximum atomic E-state index is 11.6. The third-order valence-electron chi connectivity index (χ3n) is 3.31. The number of hydrogen-bond acceptors (Lipinski definition) is 5. The van der Waals surface area contributed by atoms with Gasteiger partial charge in [0, 0.05) is 20.3 Å². The number of methoxy groups -OCH3 is 1. The molecule has 1 saturated heterocycles. The molecule has 0 aromatic rings. The molecule has 20 heavy (non-hydrogen) atoms. The number of hydrogen-bond donors (Lipinski definition) is 2. The van der Waals surface area contributed by atoms with E-state index in [2.05, 4.69) is 5.32 Å². The number of ether oxygens (including phenoxy) is 3. The summed E-state index contributed by atoms with van der Waals surface area (Å²) in [5.74, 6) is 0. The summed E-state index contributed by atoms with van der Waals surface area (Å²) in [6, 6.07) is -0.324. The first-order valence-electron chi connectivity index (χ1n) is 7.14. The molecule has 0 saturated carbocycles. The Hall–Kier alpha value is -0.850. The van der Waals surface area contributed by atoms with E-state index >= 15 is 0 Å². The van der Waals surface area contributed by atoms with Crippen molar-refractivity contribution < 1.29 is 19.0 Å². The van der Waals surface area contributed by atoms with Crippen LogP contribution >= 0.6 is 0 Å². The van der Waals surface area contributed by atoms with Gasteiger partial charge in [0.05, 0.1) is 12.6 Å². The van der Waals surface area contributed by atoms with Crippen molar-refractivity contribution in [3.05, 3.63) is 0 Å². The topological polar surface area (TPSA) is 82.8 Å². The molecule has 0 radical (unpaired) electrons. The van der Waals surface area contributed by atoms with Crippen molar-refractivity contribution in [1.82, 2.24) is 5.32 Å². The van der Waals surface area contributed by atoms with E-state index in [9.17, 15) is 4.79 Å². The monoisotopic (exact) mass is 288 g/mol. The number of nitrogens with one attached hydrogen (secondary N) is 1. The minimum Gasteiger partial charge on any atom is -0.444 e. The molecule has 6 heteroatoms. The standard InChI is InChI=1S/C14H28N2O4/c1-13(2,3)20-12(17)16-9-11(15)14(10-18-4)7-5-6-8-19-14/h11H,5-10,15H2,1-4H3,(H,16,17). The molecule has 1 rings (SSSR count). The van der Waals surface area contributed by atoms with Gasteiger partial charge in [0.25, 0.3) is 0 Å². The fourth-order valence-electron chi connectivity index (χ4n) is 2.32. The number of nitrogens with two attached hydrogens (primary N) is 1. The lowest BCUT2D eigenvalue weighted by Gasteiger charge is -2.41. The van der Waals surface area contributed by atoms with Crippen molar-refractivity contribution in [2.75, 3.05) is 26.9 Å². The van der Waals surface area contributed by atoms with E-state index < -0.39 is 17.3 Å². The smallest absolute Gasteiger partial charge is 0.407 e. The summed E-state index contributed by atoms with van der Waals surface area (Å²) >= 11 is 0. The van der Waals surface area contributed by atoms with E-state index in [4.69, 9.17) is 19.9 Å². The molecule has 0 aromatic heterocycles. The number of alkyl carbamates (subject to hydrolysis) is 1. The number of amides is 1. The maximum Gasteiger partial charge on any atom is 0.407 e. The molecule has 0 spiro atoms. The Morgan fingerprint density at radius 3 is 2.65 bits per heavy atom. The highest BCUT2D eigenvalue weighted by Crippen LogP contribution is 2.27. The van der Waals surface area contributed by atoms with Crippen molar-refractivity contribution in [2.45, 2.75) is 57.3 Å². The van der Waals surface area contributed by atoms with Crippen LogP contribution in [0.25, 0.3) is 0 Å². The lowest BCUT2D eigenvalue weighted by atomic mass is 9.87. The Balaban J connectivity index is 2.50. The van der Waals surface area contributed by atoms with Crippen LogP contribution in [-0.2, 0) is 14.2 Å². The Morgan fingerprint density at radius 1 is 1.45 bits per heavy atom. The van der Waals surface area contributed by atoms with Crippen LogP contribution in [0.2, 0.25) is 0 Å². The van der Waals surface area contributed by atoms with E-state index in [-0.39, 0.29) is 6.04 Å². The molecular weight excluding hydrogens is 260 g/mol. The average molecular weight is 288 g/mol. The first-order chi connectivity index (χ1) is 9.29. The molecule has 0 bridgehead atoms. The lowest BCUT2D eigenvalue weighted by Crippen LogP contribution is -2.59. The van der Waals surface area contributed by atoms with E-state index in [1.807, 2.05) is 20.8 Å². The summed E-state index contributed by atoms with van der Waals surface area (Å²) in [6.45, 7) is 6.89. The number of rotatable bonds is 5. The zero-order valence-corrected chi connectivity index (χ0v) is 13.0. The van der Waals surface area contributed by atoms with Crippen LogP contribution in [0, 0.1) is 0 Å². The largest absolute Gasteiger partial charge is 0.444 e. The van der Waals surface area contributed by atoms with Gasteiger partial charge in [-0.15, -0.1) is 0 Å². The summed E-state index contributed by atoms with van der Waals surface area (Å²) in [5, 5.41) is 2.70. The molecule has 0 aromatic carbocycles. The van der Waals surface area contributed by atoms with Gasteiger partial charge < -0.3 is 25.3 Å². The third kappa shape index (κ3) is 5.26. The van der Waals surface area contributed by atoms with Gasteiger partial charge in [-0.3, -0.25) is 0 Å². The molecule has 118 valence electrons. The molecule has 1 fully saturated rings. The molecule has 0 aliphatic carbocycles. The van der Waals surface area contributed by atoms with Crippen LogP contribution in [0.15, 0.2) is 0 Å². The van der Waals surface area contributed by atoms with Gasteiger partial charge >= 0.3 is 6.09 Å². The van der Waals surface area contributed by atoms with Gasteiger partial charge in [-0.1, -0.05) is 0 Å². The summed E-state index contributed by atoms with van der Waals surface area (Å²) in [4.78, 5) is 11.6. The van der Waals surface area contributed by atoms with Crippen LogP contribution in [-0.4, -0.2) is 50.2 Å². The molecule has 1 aliphatic rings. The second-order valence-electron chi connectivity index (χ2n) is 6.29. The van der Waals surface area contributed by atoms with Crippen molar-refractivity contribution in [2.24, 2.45) is 5.73 Å². The van der Waals surface area contributed by atoms with Crippen LogP contribution in [0.3, 0.4) is 0 Å². The van der Waals surface area contributed by atoms with Gasteiger partial charge in [-0.2, -0.15) is 0 Å². The van der Waals surface area contributed by atoms with Crippen molar-refractivity contribution >= 4 is 6.09 Å². The zero-order chi connectivity index (χ0) is 15.2. The normalized spacial score (nSPS) is 25.1. The highest BCUT2D eigenvalue weighted by Gasteiger charge is 2.39. The minimum atomic E-state index is -0.514. The number of carbonyl (C=O) groups is 1.